The normalized spacial score (nSPS) is 10.6. The summed E-state index contributed by atoms with van der Waals surface area (Å²) in [6, 6.07) is 9.55. The van der Waals surface area contributed by atoms with Gasteiger partial charge < -0.3 is 5.32 Å². The van der Waals surface area contributed by atoms with Gasteiger partial charge in [0.15, 0.2) is 5.82 Å². The number of alkyl halides is 1. The number of aromatic nitrogens is 4. The predicted molar refractivity (Wildman–Crippen MR) is 86.7 cm³/mol. The first-order chi connectivity index (χ1) is 10.7. The lowest BCUT2D eigenvalue weighted by atomic mass is 10.2. The largest absolute Gasteiger partial charge is 0.338 e. The van der Waals surface area contributed by atoms with Gasteiger partial charge in [0.1, 0.15) is 12.5 Å². The Bertz CT molecular complexity index is 757. The standard InChI is InChI=1S/C15H13BrFN5/c16-12-3-1-11(2-4-12)15-18-7-5-14(21-15)20-13-9-19-22(10-13)8-6-17/h1-5,7,9-10H,6,8H2,(H,18,20,21). The van der Waals surface area contributed by atoms with Gasteiger partial charge in [-0.1, -0.05) is 28.1 Å². The van der Waals surface area contributed by atoms with Gasteiger partial charge >= 0.3 is 0 Å². The van der Waals surface area contributed by atoms with Gasteiger partial charge in [0, 0.05) is 22.4 Å². The van der Waals surface area contributed by atoms with Crippen LogP contribution in [0.3, 0.4) is 0 Å². The maximum atomic E-state index is 12.3. The van der Waals surface area contributed by atoms with Gasteiger partial charge in [0.25, 0.3) is 0 Å². The van der Waals surface area contributed by atoms with Crippen LogP contribution in [0.5, 0.6) is 0 Å². The predicted octanol–water partition coefficient (Wildman–Crippen LogP) is 3.82. The number of halogens is 2. The van der Waals surface area contributed by atoms with Gasteiger partial charge in [-0.3, -0.25) is 4.68 Å². The number of nitrogens with one attached hydrogen (secondary N) is 1. The molecule has 7 heteroatoms. The summed E-state index contributed by atoms with van der Waals surface area (Å²) in [6.45, 7) is -0.196. The van der Waals surface area contributed by atoms with Gasteiger partial charge in [-0.15, -0.1) is 0 Å². The number of hydrogen-bond acceptors (Lipinski definition) is 4. The van der Waals surface area contributed by atoms with Crippen LogP contribution in [0.4, 0.5) is 15.9 Å². The molecule has 3 aromatic rings. The van der Waals surface area contributed by atoms with E-state index in [9.17, 15) is 4.39 Å². The van der Waals surface area contributed by atoms with Crippen molar-refractivity contribution in [3.05, 3.63) is 53.4 Å². The molecule has 1 N–H and O–H groups in total. The summed E-state index contributed by atoms with van der Waals surface area (Å²) in [4.78, 5) is 8.75. The van der Waals surface area contributed by atoms with Crippen LogP contribution in [0.2, 0.25) is 0 Å². The van der Waals surface area contributed by atoms with E-state index in [1.165, 1.54) is 0 Å². The fraction of sp³-hybridized carbons (Fsp3) is 0.133. The zero-order valence-corrected chi connectivity index (χ0v) is 13.2. The van der Waals surface area contributed by atoms with Crippen LogP contribution in [0, 0.1) is 0 Å². The highest BCUT2D eigenvalue weighted by atomic mass is 79.9. The van der Waals surface area contributed by atoms with Crippen molar-refractivity contribution in [3.63, 3.8) is 0 Å². The van der Waals surface area contributed by atoms with Crippen LogP contribution in [0.25, 0.3) is 11.4 Å². The minimum Gasteiger partial charge on any atom is -0.338 e. The van der Waals surface area contributed by atoms with Crippen molar-refractivity contribution in [1.82, 2.24) is 19.7 Å². The zero-order chi connectivity index (χ0) is 15.4. The first-order valence-corrected chi connectivity index (χ1v) is 7.48. The van der Waals surface area contributed by atoms with E-state index >= 15 is 0 Å². The average molecular weight is 362 g/mol. The molecule has 0 atom stereocenters. The molecule has 0 unspecified atom stereocenters. The Hall–Kier alpha value is -2.28. The molecule has 2 aromatic heterocycles. The highest BCUT2D eigenvalue weighted by molar-refractivity contribution is 9.10. The second-order valence-electron chi connectivity index (χ2n) is 4.58. The number of rotatable bonds is 5. The smallest absolute Gasteiger partial charge is 0.161 e. The monoisotopic (exact) mass is 361 g/mol. The molecule has 22 heavy (non-hydrogen) atoms. The van der Waals surface area contributed by atoms with Crippen LogP contribution in [-0.2, 0) is 6.54 Å². The molecule has 0 bridgehead atoms. The van der Waals surface area contributed by atoms with Crippen molar-refractivity contribution >= 4 is 27.4 Å². The lowest BCUT2D eigenvalue weighted by Gasteiger charge is -2.05. The number of nitrogens with zero attached hydrogens (tertiary/aromatic N) is 4. The van der Waals surface area contributed by atoms with E-state index in [0.29, 0.717) is 11.6 Å². The number of anilines is 2. The molecule has 0 fully saturated rings. The van der Waals surface area contributed by atoms with Crippen molar-refractivity contribution in [3.8, 4) is 11.4 Å². The van der Waals surface area contributed by atoms with E-state index in [0.717, 1.165) is 15.7 Å². The Kier molecular flexibility index (Phi) is 4.43. The van der Waals surface area contributed by atoms with E-state index in [2.05, 4.69) is 36.3 Å². The third-order valence-electron chi connectivity index (χ3n) is 2.98. The van der Waals surface area contributed by atoms with Crippen LogP contribution < -0.4 is 5.32 Å². The SMILES string of the molecule is FCCn1cc(Nc2ccnc(-c3ccc(Br)cc3)n2)cn1. The van der Waals surface area contributed by atoms with Crippen molar-refractivity contribution in [2.24, 2.45) is 0 Å². The minimum absolute atomic E-state index is 0.246. The highest BCUT2D eigenvalue weighted by Crippen LogP contribution is 2.20. The second kappa shape index (κ2) is 6.65. The van der Waals surface area contributed by atoms with Crippen LogP contribution in [0.1, 0.15) is 0 Å². The summed E-state index contributed by atoms with van der Waals surface area (Å²) < 4.78 is 14.8. The topological polar surface area (TPSA) is 55.6 Å². The van der Waals surface area contributed by atoms with E-state index < -0.39 is 6.67 Å². The average Bonchev–Trinajstić information content (AvgIpc) is 2.96. The maximum Gasteiger partial charge on any atom is 0.161 e. The van der Waals surface area contributed by atoms with Crippen molar-refractivity contribution < 1.29 is 4.39 Å². The quantitative estimate of drug-likeness (QED) is 0.750. The van der Waals surface area contributed by atoms with E-state index in [1.807, 2.05) is 24.3 Å². The van der Waals surface area contributed by atoms with Crippen molar-refractivity contribution in [2.45, 2.75) is 6.54 Å². The Balaban J connectivity index is 1.79. The summed E-state index contributed by atoms with van der Waals surface area (Å²) >= 11 is 3.40. The molecule has 112 valence electrons. The number of aryl methyl sites for hydroxylation is 1. The fourth-order valence-corrected chi connectivity index (χ4v) is 2.22. The molecule has 0 radical (unpaired) electrons. The molecule has 5 nitrogen and oxygen atoms in total. The molecule has 0 saturated carbocycles. The van der Waals surface area contributed by atoms with Crippen LogP contribution in [-0.4, -0.2) is 26.4 Å². The van der Waals surface area contributed by atoms with Gasteiger partial charge in [-0.2, -0.15) is 5.10 Å². The zero-order valence-electron chi connectivity index (χ0n) is 11.6. The fourth-order valence-electron chi connectivity index (χ4n) is 1.95. The summed E-state index contributed by atoms with van der Waals surface area (Å²) in [5.74, 6) is 1.29. The summed E-state index contributed by atoms with van der Waals surface area (Å²) in [5, 5.41) is 7.20. The summed E-state index contributed by atoms with van der Waals surface area (Å²) in [5.41, 5.74) is 1.69. The summed E-state index contributed by atoms with van der Waals surface area (Å²) in [7, 11) is 0. The van der Waals surface area contributed by atoms with E-state index in [1.54, 1.807) is 29.3 Å². The molecule has 1 aromatic carbocycles. The van der Waals surface area contributed by atoms with Crippen LogP contribution in [0.15, 0.2) is 53.4 Å². The molecule has 0 aliphatic carbocycles. The van der Waals surface area contributed by atoms with Crippen molar-refractivity contribution in [2.75, 3.05) is 12.0 Å². The van der Waals surface area contributed by atoms with Gasteiger partial charge in [-0.25, -0.2) is 14.4 Å². The number of hydrogen-bond donors (Lipinski definition) is 1. The first kappa shape index (κ1) is 14.6. The molecule has 0 aliphatic rings. The van der Waals surface area contributed by atoms with Gasteiger partial charge in [0.2, 0.25) is 0 Å². The molecule has 0 spiro atoms. The molecule has 0 aliphatic heterocycles. The lowest BCUT2D eigenvalue weighted by molar-refractivity contribution is 0.427. The molecule has 2 heterocycles. The molecular formula is C15H13BrFN5. The van der Waals surface area contributed by atoms with Gasteiger partial charge in [0.05, 0.1) is 18.4 Å². The number of benzene rings is 1. The minimum atomic E-state index is -0.442. The third-order valence-corrected chi connectivity index (χ3v) is 3.51. The summed E-state index contributed by atoms with van der Waals surface area (Å²) in [6.07, 6.45) is 5.07. The molecule has 0 saturated heterocycles. The molecular weight excluding hydrogens is 349 g/mol. The van der Waals surface area contributed by atoms with E-state index in [4.69, 9.17) is 0 Å². The third kappa shape index (κ3) is 3.48. The molecule has 0 amide bonds. The Morgan fingerprint density at radius 2 is 2.00 bits per heavy atom. The highest BCUT2D eigenvalue weighted by Gasteiger charge is 2.04. The first-order valence-electron chi connectivity index (χ1n) is 6.69. The maximum absolute atomic E-state index is 12.3. The van der Waals surface area contributed by atoms with Crippen LogP contribution >= 0.6 is 15.9 Å². The van der Waals surface area contributed by atoms with E-state index in [-0.39, 0.29) is 6.54 Å². The second-order valence-corrected chi connectivity index (χ2v) is 5.49. The lowest BCUT2D eigenvalue weighted by Crippen LogP contribution is -1.99. The Morgan fingerprint density at radius 1 is 1.18 bits per heavy atom. The molecule has 3 rings (SSSR count). The van der Waals surface area contributed by atoms with Gasteiger partial charge in [-0.05, 0) is 18.2 Å². The Morgan fingerprint density at radius 3 is 2.77 bits per heavy atom. The Labute approximate surface area is 135 Å². The van der Waals surface area contributed by atoms with Crippen molar-refractivity contribution in [1.29, 1.82) is 0 Å².